The number of nitrogens with zero attached hydrogens (tertiary/aromatic N) is 2. The van der Waals surface area contributed by atoms with Crippen LogP contribution >= 0.6 is 0 Å². The number of nitriles is 1. The summed E-state index contributed by atoms with van der Waals surface area (Å²) in [4.78, 5) is 25.7. The number of nitrogens with one attached hydrogen (secondary N) is 1. The summed E-state index contributed by atoms with van der Waals surface area (Å²) in [5.74, 6) is -0.225. The third-order valence-corrected chi connectivity index (χ3v) is 4.04. The number of rotatable bonds is 5. The summed E-state index contributed by atoms with van der Waals surface area (Å²) in [6.45, 7) is 5.91. The first-order valence-electron chi connectivity index (χ1n) is 8.15. The Kier molecular flexibility index (Phi) is 5.91. The van der Waals surface area contributed by atoms with Crippen LogP contribution in [0.15, 0.2) is 48.5 Å². The monoisotopic (exact) mass is 335 g/mol. The highest BCUT2D eigenvalue weighted by molar-refractivity contribution is 5.95. The summed E-state index contributed by atoms with van der Waals surface area (Å²) in [6.07, 6.45) is 0. The Morgan fingerprint density at radius 1 is 1.12 bits per heavy atom. The van der Waals surface area contributed by atoms with Crippen molar-refractivity contribution in [2.24, 2.45) is 0 Å². The Labute approximate surface area is 147 Å². The standard InChI is InChI=1S/C20H21N3O2/c1-4-23(14(2)17-7-5-16(13-21)6-8-17)20(25)18-9-11-19(12-10-18)22-15(3)24/h5-12,14H,4H2,1-3H3,(H,22,24). The first-order chi connectivity index (χ1) is 12.0. The maximum absolute atomic E-state index is 12.8. The minimum atomic E-state index is -0.149. The van der Waals surface area contributed by atoms with Crippen LogP contribution in [0.5, 0.6) is 0 Å². The van der Waals surface area contributed by atoms with Gasteiger partial charge in [-0.1, -0.05) is 12.1 Å². The minimum Gasteiger partial charge on any atom is -0.332 e. The summed E-state index contributed by atoms with van der Waals surface area (Å²) >= 11 is 0. The fourth-order valence-corrected chi connectivity index (χ4v) is 2.67. The molecule has 0 heterocycles. The molecule has 1 N–H and O–H groups in total. The molecule has 5 heteroatoms. The molecule has 2 rings (SSSR count). The van der Waals surface area contributed by atoms with Crippen molar-refractivity contribution in [3.05, 3.63) is 65.2 Å². The molecule has 0 saturated carbocycles. The summed E-state index contributed by atoms with van der Waals surface area (Å²) in [6, 6.07) is 16.1. The quantitative estimate of drug-likeness (QED) is 0.904. The van der Waals surface area contributed by atoms with Crippen LogP contribution in [0, 0.1) is 11.3 Å². The average Bonchev–Trinajstić information content (AvgIpc) is 2.62. The molecule has 2 aromatic rings. The van der Waals surface area contributed by atoms with E-state index in [1.165, 1.54) is 6.92 Å². The zero-order chi connectivity index (χ0) is 18.4. The van der Waals surface area contributed by atoms with Gasteiger partial charge in [0.05, 0.1) is 17.7 Å². The number of anilines is 1. The highest BCUT2D eigenvalue weighted by Crippen LogP contribution is 2.23. The molecule has 2 aromatic carbocycles. The molecule has 5 nitrogen and oxygen atoms in total. The number of carbonyl (C=O) groups excluding carboxylic acids is 2. The molecule has 0 bridgehead atoms. The van der Waals surface area contributed by atoms with Crippen molar-refractivity contribution >= 4 is 17.5 Å². The third kappa shape index (κ3) is 4.45. The average molecular weight is 335 g/mol. The Bertz CT molecular complexity index is 789. The third-order valence-electron chi connectivity index (χ3n) is 4.04. The van der Waals surface area contributed by atoms with Crippen molar-refractivity contribution in [2.75, 3.05) is 11.9 Å². The van der Waals surface area contributed by atoms with Crippen LogP contribution in [0.4, 0.5) is 5.69 Å². The van der Waals surface area contributed by atoms with Crippen molar-refractivity contribution in [1.82, 2.24) is 4.90 Å². The van der Waals surface area contributed by atoms with Crippen molar-refractivity contribution in [3.63, 3.8) is 0 Å². The van der Waals surface area contributed by atoms with E-state index in [1.807, 2.05) is 26.0 Å². The van der Waals surface area contributed by atoms with Crippen molar-refractivity contribution in [1.29, 1.82) is 5.26 Å². The minimum absolute atomic E-state index is 0.0752. The van der Waals surface area contributed by atoms with Crippen LogP contribution in [0.1, 0.15) is 48.3 Å². The van der Waals surface area contributed by atoms with Crippen LogP contribution in [0.2, 0.25) is 0 Å². The van der Waals surface area contributed by atoms with E-state index in [0.717, 1.165) is 5.56 Å². The van der Waals surface area contributed by atoms with Crippen LogP contribution in [-0.2, 0) is 4.79 Å². The maximum Gasteiger partial charge on any atom is 0.254 e. The second kappa shape index (κ2) is 8.11. The Morgan fingerprint density at radius 2 is 1.72 bits per heavy atom. The van der Waals surface area contributed by atoms with Crippen molar-refractivity contribution in [3.8, 4) is 6.07 Å². The molecule has 1 unspecified atom stereocenters. The highest BCUT2D eigenvalue weighted by Gasteiger charge is 2.21. The number of amides is 2. The number of benzene rings is 2. The van der Waals surface area contributed by atoms with Gasteiger partial charge in [-0.25, -0.2) is 0 Å². The van der Waals surface area contributed by atoms with E-state index in [-0.39, 0.29) is 17.9 Å². The van der Waals surface area contributed by atoms with Gasteiger partial charge in [-0.3, -0.25) is 9.59 Å². The van der Waals surface area contributed by atoms with Gasteiger partial charge in [0.2, 0.25) is 5.91 Å². The molecule has 2 amide bonds. The van der Waals surface area contributed by atoms with Crippen molar-refractivity contribution < 1.29 is 9.59 Å². The van der Waals surface area contributed by atoms with E-state index in [9.17, 15) is 9.59 Å². The molecular formula is C20H21N3O2. The molecule has 128 valence electrons. The van der Waals surface area contributed by atoms with Gasteiger partial charge in [-0.2, -0.15) is 5.26 Å². The molecule has 25 heavy (non-hydrogen) atoms. The first-order valence-corrected chi connectivity index (χ1v) is 8.15. The zero-order valence-electron chi connectivity index (χ0n) is 14.6. The Hall–Kier alpha value is -3.13. The van der Waals surface area contributed by atoms with E-state index < -0.39 is 0 Å². The largest absolute Gasteiger partial charge is 0.332 e. The van der Waals surface area contributed by atoms with E-state index in [4.69, 9.17) is 5.26 Å². The normalized spacial score (nSPS) is 11.3. The molecule has 0 spiro atoms. The van der Waals surface area contributed by atoms with Crippen LogP contribution < -0.4 is 5.32 Å². The molecule has 0 aliphatic carbocycles. The van der Waals surface area contributed by atoms with E-state index in [1.54, 1.807) is 41.3 Å². The van der Waals surface area contributed by atoms with Gasteiger partial charge in [-0.15, -0.1) is 0 Å². The Morgan fingerprint density at radius 3 is 2.20 bits per heavy atom. The van der Waals surface area contributed by atoms with E-state index in [0.29, 0.717) is 23.4 Å². The second-order valence-electron chi connectivity index (χ2n) is 5.76. The summed E-state index contributed by atoms with van der Waals surface area (Å²) in [5, 5.41) is 11.6. The van der Waals surface area contributed by atoms with Gasteiger partial charge in [0, 0.05) is 24.7 Å². The number of hydrogen-bond acceptors (Lipinski definition) is 3. The molecule has 0 aromatic heterocycles. The summed E-state index contributed by atoms with van der Waals surface area (Å²) in [7, 11) is 0. The maximum atomic E-state index is 12.8. The lowest BCUT2D eigenvalue weighted by Gasteiger charge is -2.28. The fraction of sp³-hybridized carbons (Fsp3) is 0.250. The molecule has 1 atom stereocenters. The molecular weight excluding hydrogens is 314 g/mol. The lowest BCUT2D eigenvalue weighted by molar-refractivity contribution is -0.114. The van der Waals surface area contributed by atoms with E-state index in [2.05, 4.69) is 11.4 Å². The smallest absolute Gasteiger partial charge is 0.254 e. The number of hydrogen-bond donors (Lipinski definition) is 1. The van der Waals surface area contributed by atoms with Crippen molar-refractivity contribution in [2.45, 2.75) is 26.8 Å². The van der Waals surface area contributed by atoms with Gasteiger partial charge in [0.1, 0.15) is 0 Å². The molecule has 0 radical (unpaired) electrons. The highest BCUT2D eigenvalue weighted by atomic mass is 16.2. The molecule has 0 aliphatic heterocycles. The Balaban J connectivity index is 2.19. The van der Waals surface area contributed by atoms with Gasteiger partial charge >= 0.3 is 0 Å². The molecule has 0 saturated heterocycles. The van der Waals surface area contributed by atoms with Crippen LogP contribution in [0.3, 0.4) is 0 Å². The summed E-state index contributed by atoms with van der Waals surface area (Å²) < 4.78 is 0. The molecule has 0 fully saturated rings. The first kappa shape index (κ1) is 18.2. The lowest BCUT2D eigenvalue weighted by atomic mass is 10.0. The molecule has 0 aliphatic rings. The SMILES string of the molecule is CCN(C(=O)c1ccc(NC(C)=O)cc1)C(C)c1ccc(C#N)cc1. The van der Waals surface area contributed by atoms with Crippen LogP contribution in [-0.4, -0.2) is 23.3 Å². The van der Waals surface area contributed by atoms with Crippen LogP contribution in [0.25, 0.3) is 0 Å². The summed E-state index contributed by atoms with van der Waals surface area (Å²) in [5.41, 5.74) is 2.80. The van der Waals surface area contributed by atoms with Gasteiger partial charge in [0.15, 0.2) is 0 Å². The number of carbonyl (C=O) groups is 2. The zero-order valence-corrected chi connectivity index (χ0v) is 14.6. The lowest BCUT2D eigenvalue weighted by Crippen LogP contribution is -2.33. The predicted molar refractivity (Wildman–Crippen MR) is 97.0 cm³/mol. The predicted octanol–water partition coefficient (Wildman–Crippen LogP) is 3.74. The van der Waals surface area contributed by atoms with Gasteiger partial charge in [0.25, 0.3) is 5.91 Å². The van der Waals surface area contributed by atoms with Gasteiger partial charge < -0.3 is 10.2 Å². The topological polar surface area (TPSA) is 73.2 Å². The second-order valence-corrected chi connectivity index (χ2v) is 5.76. The fourth-order valence-electron chi connectivity index (χ4n) is 2.67. The van der Waals surface area contributed by atoms with E-state index >= 15 is 0 Å². The van der Waals surface area contributed by atoms with Gasteiger partial charge in [-0.05, 0) is 55.8 Å².